The number of halogens is 1. The van der Waals surface area contributed by atoms with Gasteiger partial charge in [-0.2, -0.15) is 0 Å². The fourth-order valence-corrected chi connectivity index (χ4v) is 1.99. The molecule has 6 heteroatoms. The van der Waals surface area contributed by atoms with E-state index in [4.69, 9.17) is 4.74 Å². The van der Waals surface area contributed by atoms with Crippen molar-refractivity contribution in [1.82, 2.24) is 9.97 Å². The Hall–Kier alpha value is -0.880. The molecule has 96 valence electrons. The average molecular weight is 304 g/mol. The van der Waals surface area contributed by atoms with Gasteiger partial charge in [-0.25, -0.2) is 4.98 Å². The van der Waals surface area contributed by atoms with Crippen LogP contribution in [0, 0.1) is 5.92 Å². The number of hydrogen-bond acceptors (Lipinski definition) is 4. The van der Waals surface area contributed by atoms with Crippen molar-refractivity contribution in [3.05, 3.63) is 21.2 Å². The zero-order chi connectivity index (χ0) is 12.8. The molecule has 0 aromatic carbocycles. The highest BCUT2D eigenvalue weighted by atomic mass is 79.9. The summed E-state index contributed by atoms with van der Waals surface area (Å²) in [7, 11) is 1.66. The van der Waals surface area contributed by atoms with E-state index in [-0.39, 0.29) is 5.56 Å². The zero-order valence-corrected chi connectivity index (χ0v) is 12.0. The maximum Gasteiger partial charge on any atom is 0.267 e. The molecule has 0 saturated heterocycles. The fourth-order valence-electron chi connectivity index (χ4n) is 1.52. The van der Waals surface area contributed by atoms with Gasteiger partial charge < -0.3 is 14.6 Å². The van der Waals surface area contributed by atoms with E-state index in [0.717, 1.165) is 6.54 Å². The normalized spacial score (nSPS) is 10.9. The summed E-state index contributed by atoms with van der Waals surface area (Å²) in [6, 6.07) is 0. The van der Waals surface area contributed by atoms with Gasteiger partial charge in [0, 0.05) is 20.2 Å². The molecule has 1 aromatic heterocycles. The van der Waals surface area contributed by atoms with Crippen molar-refractivity contribution in [1.29, 1.82) is 0 Å². The number of anilines is 1. The molecule has 0 spiro atoms. The van der Waals surface area contributed by atoms with Gasteiger partial charge >= 0.3 is 0 Å². The van der Waals surface area contributed by atoms with Crippen LogP contribution in [0.1, 0.15) is 13.8 Å². The quantitative estimate of drug-likeness (QED) is 0.868. The molecule has 0 fully saturated rings. The summed E-state index contributed by atoms with van der Waals surface area (Å²) < 4.78 is 5.54. The standard InChI is InChI=1S/C11H18BrN3O2/c1-8(2)6-15(4-5-17-3)10-9(12)11(16)14-7-13-10/h7-8H,4-6H2,1-3H3,(H,13,14,16). The van der Waals surface area contributed by atoms with Crippen LogP contribution >= 0.6 is 15.9 Å². The number of hydrogen-bond donors (Lipinski definition) is 1. The molecule has 17 heavy (non-hydrogen) atoms. The van der Waals surface area contributed by atoms with Gasteiger partial charge in [0.25, 0.3) is 5.56 Å². The van der Waals surface area contributed by atoms with Crippen LogP contribution in [0.5, 0.6) is 0 Å². The monoisotopic (exact) mass is 303 g/mol. The van der Waals surface area contributed by atoms with Gasteiger partial charge in [0.15, 0.2) is 0 Å². The second-order valence-corrected chi connectivity index (χ2v) is 4.99. The second-order valence-electron chi connectivity index (χ2n) is 4.20. The lowest BCUT2D eigenvalue weighted by molar-refractivity contribution is 0.204. The third-order valence-corrected chi connectivity index (χ3v) is 2.94. The van der Waals surface area contributed by atoms with Crippen molar-refractivity contribution in [2.45, 2.75) is 13.8 Å². The van der Waals surface area contributed by atoms with E-state index in [1.54, 1.807) is 7.11 Å². The van der Waals surface area contributed by atoms with Gasteiger partial charge in [0.1, 0.15) is 10.3 Å². The van der Waals surface area contributed by atoms with Crippen molar-refractivity contribution < 1.29 is 4.74 Å². The van der Waals surface area contributed by atoms with Crippen LogP contribution in [0.2, 0.25) is 0 Å². The largest absolute Gasteiger partial charge is 0.383 e. The predicted molar refractivity (Wildman–Crippen MR) is 71.5 cm³/mol. The fraction of sp³-hybridized carbons (Fsp3) is 0.636. The predicted octanol–water partition coefficient (Wildman–Crippen LogP) is 1.64. The van der Waals surface area contributed by atoms with Gasteiger partial charge in [0.05, 0.1) is 12.9 Å². The summed E-state index contributed by atoms with van der Waals surface area (Å²) in [6.07, 6.45) is 1.42. The van der Waals surface area contributed by atoms with Crippen LogP contribution in [0.4, 0.5) is 5.82 Å². The molecule has 1 N–H and O–H groups in total. The van der Waals surface area contributed by atoms with Gasteiger partial charge in [-0.15, -0.1) is 0 Å². The van der Waals surface area contributed by atoms with Gasteiger partial charge in [0.2, 0.25) is 0 Å². The Kier molecular flexibility index (Phi) is 5.64. The molecule has 0 saturated carbocycles. The maximum atomic E-state index is 11.5. The number of nitrogens with one attached hydrogen (secondary N) is 1. The minimum absolute atomic E-state index is 0.166. The van der Waals surface area contributed by atoms with E-state index >= 15 is 0 Å². The Balaban J connectivity index is 2.95. The SMILES string of the molecule is COCCN(CC(C)C)c1nc[nH]c(=O)c1Br. The number of nitrogens with zero attached hydrogens (tertiary/aromatic N) is 2. The van der Waals surface area contributed by atoms with Crippen LogP contribution < -0.4 is 10.5 Å². The number of aromatic amines is 1. The second kappa shape index (κ2) is 6.76. The third-order valence-electron chi connectivity index (χ3n) is 2.23. The molecule has 0 aliphatic heterocycles. The Morgan fingerprint density at radius 2 is 2.29 bits per heavy atom. The molecule has 1 rings (SSSR count). The van der Waals surface area contributed by atoms with Crippen molar-refractivity contribution in [3.63, 3.8) is 0 Å². The van der Waals surface area contributed by atoms with Crippen molar-refractivity contribution >= 4 is 21.7 Å². The molecule has 1 heterocycles. The highest BCUT2D eigenvalue weighted by Crippen LogP contribution is 2.19. The maximum absolute atomic E-state index is 11.5. The van der Waals surface area contributed by atoms with Gasteiger partial charge in [-0.05, 0) is 21.8 Å². The summed E-state index contributed by atoms with van der Waals surface area (Å²) in [4.78, 5) is 20.3. The van der Waals surface area contributed by atoms with Gasteiger partial charge in [-0.3, -0.25) is 4.79 Å². The van der Waals surface area contributed by atoms with E-state index < -0.39 is 0 Å². The molecule has 5 nitrogen and oxygen atoms in total. The first-order chi connectivity index (χ1) is 8.06. The van der Waals surface area contributed by atoms with Crippen molar-refractivity contribution in [3.8, 4) is 0 Å². The molecule has 0 unspecified atom stereocenters. The lowest BCUT2D eigenvalue weighted by atomic mass is 10.2. The number of H-pyrrole nitrogens is 1. The first-order valence-corrected chi connectivity index (χ1v) is 6.32. The van der Waals surface area contributed by atoms with E-state index in [1.165, 1.54) is 6.33 Å². The van der Waals surface area contributed by atoms with Gasteiger partial charge in [-0.1, -0.05) is 13.8 Å². The highest BCUT2D eigenvalue weighted by molar-refractivity contribution is 9.10. The summed E-state index contributed by atoms with van der Waals surface area (Å²) in [5.41, 5.74) is -0.166. The lowest BCUT2D eigenvalue weighted by Gasteiger charge is -2.25. The molecular weight excluding hydrogens is 286 g/mol. The van der Waals surface area contributed by atoms with E-state index in [0.29, 0.717) is 29.4 Å². The van der Waals surface area contributed by atoms with Crippen LogP contribution in [0.3, 0.4) is 0 Å². The molecule has 0 radical (unpaired) electrons. The molecule has 0 bridgehead atoms. The lowest BCUT2D eigenvalue weighted by Crippen LogP contribution is -2.33. The molecule has 0 aliphatic carbocycles. The summed E-state index contributed by atoms with van der Waals surface area (Å²) >= 11 is 3.27. The highest BCUT2D eigenvalue weighted by Gasteiger charge is 2.14. The average Bonchev–Trinajstić information content (AvgIpc) is 2.28. The first-order valence-electron chi connectivity index (χ1n) is 5.53. The summed E-state index contributed by atoms with van der Waals surface area (Å²) in [5.74, 6) is 1.15. The minimum Gasteiger partial charge on any atom is -0.383 e. The van der Waals surface area contributed by atoms with E-state index in [1.807, 2.05) is 4.90 Å². The number of methoxy groups -OCH3 is 1. The number of aromatic nitrogens is 2. The Morgan fingerprint density at radius 3 is 2.88 bits per heavy atom. The van der Waals surface area contributed by atoms with Crippen molar-refractivity contribution in [2.24, 2.45) is 5.92 Å². The molecule has 0 atom stereocenters. The van der Waals surface area contributed by atoms with Crippen LogP contribution in [-0.4, -0.2) is 36.8 Å². The molecular formula is C11H18BrN3O2. The number of rotatable bonds is 6. The Bertz CT molecular complexity index is 406. The van der Waals surface area contributed by atoms with Crippen LogP contribution in [0.15, 0.2) is 15.6 Å². The summed E-state index contributed by atoms with van der Waals surface area (Å²) in [6.45, 7) is 6.40. The van der Waals surface area contributed by atoms with Crippen LogP contribution in [-0.2, 0) is 4.74 Å². The minimum atomic E-state index is -0.166. The Labute approximate surface area is 109 Å². The molecule has 0 amide bonds. The zero-order valence-electron chi connectivity index (χ0n) is 10.4. The topological polar surface area (TPSA) is 58.2 Å². The van der Waals surface area contributed by atoms with E-state index in [2.05, 4.69) is 39.7 Å². The summed E-state index contributed by atoms with van der Waals surface area (Å²) in [5, 5.41) is 0. The molecule has 1 aromatic rings. The molecule has 0 aliphatic rings. The Morgan fingerprint density at radius 1 is 1.59 bits per heavy atom. The van der Waals surface area contributed by atoms with Crippen LogP contribution in [0.25, 0.3) is 0 Å². The third kappa shape index (κ3) is 4.12. The van der Waals surface area contributed by atoms with Crippen molar-refractivity contribution in [2.75, 3.05) is 31.7 Å². The number of ether oxygens (including phenoxy) is 1. The smallest absolute Gasteiger partial charge is 0.267 e. The van der Waals surface area contributed by atoms with E-state index in [9.17, 15) is 4.79 Å². The first kappa shape index (κ1) is 14.2.